The molecule has 3 aromatic carbocycles. The Labute approximate surface area is 212 Å². The third kappa shape index (κ3) is 4.70. The van der Waals surface area contributed by atoms with Crippen LogP contribution in [0.1, 0.15) is 68.3 Å². The summed E-state index contributed by atoms with van der Waals surface area (Å²) in [5.74, 6) is 0.698. The van der Waals surface area contributed by atoms with Crippen molar-refractivity contribution in [3.05, 3.63) is 120 Å². The monoisotopic (exact) mass is 483 g/mol. The third-order valence-electron chi connectivity index (χ3n) is 7.19. The summed E-state index contributed by atoms with van der Waals surface area (Å²) in [5, 5.41) is 5.11. The maximum Gasteiger partial charge on any atom is 0.186 e. The van der Waals surface area contributed by atoms with Crippen LogP contribution in [0.4, 0.5) is 0 Å². The minimum atomic E-state index is -0.713. The zero-order chi connectivity index (χ0) is 24.9. The van der Waals surface area contributed by atoms with Crippen molar-refractivity contribution in [3.8, 4) is 0 Å². The van der Waals surface area contributed by atoms with E-state index in [9.17, 15) is 4.79 Å². The molecular weight excluding hydrogens is 450 g/mol. The molecule has 0 N–H and O–H groups in total. The van der Waals surface area contributed by atoms with E-state index in [4.69, 9.17) is 10.1 Å². The molecule has 1 atom stereocenters. The summed E-state index contributed by atoms with van der Waals surface area (Å²) in [5.41, 5.74) is 2.47. The highest BCUT2D eigenvalue weighted by atomic mass is 32.2. The molecule has 4 aromatic rings. The summed E-state index contributed by atoms with van der Waals surface area (Å²) in [6.45, 7) is 8.21. The first kappa shape index (κ1) is 24.9. The Morgan fingerprint density at radius 2 is 1.26 bits per heavy atom. The topological polar surface area (TPSA) is 47.8 Å². The van der Waals surface area contributed by atoms with E-state index in [1.807, 2.05) is 29.2 Å². The highest BCUT2D eigenvalue weighted by molar-refractivity contribution is 8.13. The summed E-state index contributed by atoms with van der Waals surface area (Å²) in [4.78, 5) is 17.1. The molecule has 0 aliphatic heterocycles. The summed E-state index contributed by atoms with van der Waals surface area (Å²) in [6, 6.07) is 31.3. The molecule has 4 rings (SSSR count). The van der Waals surface area contributed by atoms with Gasteiger partial charge in [0.05, 0.1) is 5.25 Å². The lowest BCUT2D eigenvalue weighted by molar-refractivity contribution is -0.109. The maximum absolute atomic E-state index is 12.3. The van der Waals surface area contributed by atoms with Crippen LogP contribution < -0.4 is 0 Å². The largest absolute Gasteiger partial charge is 0.288 e. The van der Waals surface area contributed by atoms with E-state index in [2.05, 4.69) is 93.6 Å². The van der Waals surface area contributed by atoms with Crippen LogP contribution in [0.15, 0.2) is 97.3 Å². The first-order valence-electron chi connectivity index (χ1n) is 12.2. The Kier molecular flexibility index (Phi) is 7.56. The quantitative estimate of drug-likeness (QED) is 0.235. The molecule has 5 heteroatoms. The van der Waals surface area contributed by atoms with Gasteiger partial charge in [-0.3, -0.25) is 4.79 Å². The fourth-order valence-corrected chi connectivity index (χ4v) is 5.95. The molecule has 0 aliphatic carbocycles. The fraction of sp³-hybridized carbons (Fsp3) is 0.300. The molecule has 0 saturated heterocycles. The molecule has 0 saturated carbocycles. The van der Waals surface area contributed by atoms with Crippen LogP contribution in [0.5, 0.6) is 0 Å². The maximum atomic E-state index is 12.3. The van der Waals surface area contributed by atoms with E-state index >= 15 is 0 Å². The Morgan fingerprint density at radius 3 is 1.63 bits per heavy atom. The van der Waals surface area contributed by atoms with Gasteiger partial charge < -0.3 is 0 Å². The van der Waals surface area contributed by atoms with E-state index in [1.165, 1.54) is 11.8 Å². The second-order valence-corrected chi connectivity index (χ2v) is 10.5. The lowest BCUT2D eigenvalue weighted by Gasteiger charge is -2.36. The van der Waals surface area contributed by atoms with E-state index < -0.39 is 5.54 Å². The Hall–Kier alpha value is -3.18. The van der Waals surface area contributed by atoms with Crippen molar-refractivity contribution >= 4 is 16.9 Å². The molecule has 180 valence electrons. The SMILES string of the molecule is CCC(C)(CC)C(SC(C)=O)c1ncn(C(c2ccccc2)(c2ccccc2)c2ccccc2)n1. The molecule has 1 unspecified atom stereocenters. The van der Waals surface area contributed by atoms with E-state index in [0.29, 0.717) is 5.82 Å². The average Bonchev–Trinajstić information content (AvgIpc) is 3.39. The highest BCUT2D eigenvalue weighted by Crippen LogP contribution is 2.48. The van der Waals surface area contributed by atoms with Crippen molar-refractivity contribution in [3.63, 3.8) is 0 Å². The van der Waals surface area contributed by atoms with Crippen molar-refractivity contribution < 1.29 is 4.79 Å². The Bertz CT molecular complexity index is 1140. The number of hydrogen-bond acceptors (Lipinski definition) is 4. The van der Waals surface area contributed by atoms with Crippen molar-refractivity contribution in [2.45, 2.75) is 51.3 Å². The van der Waals surface area contributed by atoms with Gasteiger partial charge in [-0.05, 0) is 34.9 Å². The van der Waals surface area contributed by atoms with E-state index in [-0.39, 0.29) is 15.8 Å². The summed E-state index contributed by atoms with van der Waals surface area (Å²) < 4.78 is 1.99. The smallest absolute Gasteiger partial charge is 0.186 e. The molecular formula is C30H33N3OS. The van der Waals surface area contributed by atoms with Crippen LogP contribution in [0.25, 0.3) is 0 Å². The normalized spacial score (nSPS) is 12.9. The van der Waals surface area contributed by atoms with Gasteiger partial charge in [-0.15, -0.1) is 0 Å². The molecule has 1 aromatic heterocycles. The molecule has 1 heterocycles. The van der Waals surface area contributed by atoms with Gasteiger partial charge in [-0.25, -0.2) is 9.67 Å². The Balaban J connectivity index is 2.00. The minimum absolute atomic E-state index is 0.0833. The molecule has 0 radical (unpaired) electrons. The van der Waals surface area contributed by atoms with Crippen molar-refractivity contribution in [2.24, 2.45) is 5.41 Å². The van der Waals surface area contributed by atoms with Gasteiger partial charge in [0.15, 0.2) is 10.9 Å². The average molecular weight is 484 g/mol. The van der Waals surface area contributed by atoms with Crippen LogP contribution in [0.3, 0.4) is 0 Å². The molecule has 0 bridgehead atoms. The number of aromatic nitrogens is 3. The first-order valence-corrected chi connectivity index (χ1v) is 13.1. The second-order valence-electron chi connectivity index (χ2n) is 9.21. The van der Waals surface area contributed by atoms with Gasteiger partial charge in [-0.2, -0.15) is 5.10 Å². The molecule has 0 amide bonds. The number of hydrogen-bond donors (Lipinski definition) is 0. The van der Waals surface area contributed by atoms with Crippen LogP contribution in [-0.2, 0) is 10.3 Å². The van der Waals surface area contributed by atoms with Crippen LogP contribution in [-0.4, -0.2) is 19.9 Å². The van der Waals surface area contributed by atoms with Crippen LogP contribution in [0, 0.1) is 5.41 Å². The van der Waals surface area contributed by atoms with Crippen LogP contribution >= 0.6 is 11.8 Å². The van der Waals surface area contributed by atoms with Gasteiger partial charge >= 0.3 is 0 Å². The number of benzene rings is 3. The second kappa shape index (κ2) is 10.6. The third-order valence-corrected chi connectivity index (χ3v) is 8.54. The van der Waals surface area contributed by atoms with Gasteiger partial charge in [0, 0.05) is 6.92 Å². The fourth-order valence-electron chi connectivity index (χ4n) is 4.79. The summed E-state index contributed by atoms with van der Waals surface area (Å²) >= 11 is 1.34. The van der Waals surface area contributed by atoms with Crippen molar-refractivity contribution in [2.75, 3.05) is 0 Å². The standard InChI is InChI=1S/C30H33N3OS/c1-5-29(4,6-2)27(35-23(3)34)28-31-22-33(32-28)30(24-16-10-7-11-17-24,25-18-12-8-13-19-25)26-20-14-9-15-21-26/h7-22,27H,5-6H2,1-4H3. The molecule has 0 spiro atoms. The first-order chi connectivity index (χ1) is 17.0. The lowest BCUT2D eigenvalue weighted by Crippen LogP contribution is -2.38. The molecule has 0 fully saturated rings. The van der Waals surface area contributed by atoms with E-state index in [0.717, 1.165) is 29.5 Å². The summed E-state index contributed by atoms with van der Waals surface area (Å²) in [7, 11) is 0. The van der Waals surface area contributed by atoms with Crippen molar-refractivity contribution in [1.82, 2.24) is 14.8 Å². The van der Waals surface area contributed by atoms with Gasteiger partial charge in [0.2, 0.25) is 0 Å². The van der Waals surface area contributed by atoms with Crippen LogP contribution in [0.2, 0.25) is 0 Å². The predicted molar refractivity (Wildman–Crippen MR) is 144 cm³/mol. The van der Waals surface area contributed by atoms with E-state index in [1.54, 1.807) is 6.92 Å². The number of carbonyl (C=O) groups excluding carboxylic acids is 1. The lowest BCUT2D eigenvalue weighted by atomic mass is 9.77. The Morgan fingerprint density at radius 1 is 0.829 bits per heavy atom. The number of carbonyl (C=O) groups is 1. The van der Waals surface area contributed by atoms with Gasteiger partial charge in [0.25, 0.3) is 0 Å². The van der Waals surface area contributed by atoms with Crippen molar-refractivity contribution in [1.29, 1.82) is 0 Å². The minimum Gasteiger partial charge on any atom is -0.288 e. The zero-order valence-corrected chi connectivity index (χ0v) is 21.7. The molecule has 0 aliphatic rings. The van der Waals surface area contributed by atoms with Gasteiger partial charge in [-0.1, -0.05) is 124 Å². The number of nitrogens with zero attached hydrogens (tertiary/aromatic N) is 3. The number of thioether (sulfide) groups is 1. The summed E-state index contributed by atoms with van der Waals surface area (Å²) in [6.07, 6.45) is 3.70. The highest BCUT2D eigenvalue weighted by Gasteiger charge is 2.42. The predicted octanol–water partition coefficient (Wildman–Crippen LogP) is 7.27. The molecule has 4 nitrogen and oxygen atoms in total. The zero-order valence-electron chi connectivity index (χ0n) is 20.9. The van der Waals surface area contributed by atoms with Gasteiger partial charge in [0.1, 0.15) is 11.9 Å². The number of rotatable bonds is 9. The molecule has 35 heavy (non-hydrogen) atoms.